The van der Waals surface area contributed by atoms with Gasteiger partial charge in [-0.25, -0.2) is 4.79 Å². The number of carbonyl (C=O) groups is 4. The third-order valence-corrected chi connectivity index (χ3v) is 7.80. The van der Waals surface area contributed by atoms with Crippen molar-refractivity contribution in [2.45, 2.75) is 37.6 Å². The van der Waals surface area contributed by atoms with E-state index in [1.807, 2.05) is 0 Å². The lowest BCUT2D eigenvalue weighted by Gasteiger charge is -2.44. The molecule has 0 spiro atoms. The van der Waals surface area contributed by atoms with Crippen molar-refractivity contribution < 1.29 is 57.5 Å². The van der Waals surface area contributed by atoms with Crippen LogP contribution < -0.4 is 26.0 Å². The predicted molar refractivity (Wildman–Crippen MR) is 154 cm³/mol. The number of aliphatic hydroxyl groups is 3. The van der Waals surface area contributed by atoms with Crippen molar-refractivity contribution in [3.05, 3.63) is 47.0 Å². The van der Waals surface area contributed by atoms with Gasteiger partial charge in [0, 0.05) is 43.6 Å². The van der Waals surface area contributed by atoms with Crippen molar-refractivity contribution in [1.29, 1.82) is 0 Å². The van der Waals surface area contributed by atoms with Gasteiger partial charge >= 0.3 is 12.4 Å². The third-order valence-electron chi connectivity index (χ3n) is 7.80. The molecule has 0 bridgehead atoms. The van der Waals surface area contributed by atoms with Crippen LogP contribution in [0.25, 0.3) is 5.76 Å². The Labute approximate surface area is 254 Å². The van der Waals surface area contributed by atoms with E-state index in [0.29, 0.717) is 11.3 Å². The molecule has 0 radical (unpaired) electrons. The number of halogens is 3. The zero-order chi connectivity index (χ0) is 33.4. The molecule has 45 heavy (non-hydrogen) atoms. The standard InChI is InChI=1S/C29H31F3N4O9/c1-36(2)19-11-18(35-27(43)34-15-3-5-16(6-4-15)45-29(30,31)32)24(40)23-17(19)10-13-9-14(7-8-37)28(44,20(38)12-21(33)39)26(42)22(13)25(23)41/h3-6,11,13-14,37,40-41,44H,7-10,12H2,1-2H3,(H2,33,39)(H2,34,35,43)/t13-,14-,28-/m1/s1. The summed E-state index contributed by atoms with van der Waals surface area (Å²) in [7, 11) is 3.30. The van der Waals surface area contributed by atoms with E-state index in [2.05, 4.69) is 15.4 Å². The molecule has 13 nitrogen and oxygen atoms in total. The number of ketones is 2. The maximum Gasteiger partial charge on any atom is 0.573 e. The van der Waals surface area contributed by atoms with E-state index in [1.165, 1.54) is 6.07 Å². The van der Waals surface area contributed by atoms with Crippen LogP contribution in [0.5, 0.6) is 11.5 Å². The molecule has 2 aromatic carbocycles. The molecule has 4 rings (SSSR count). The van der Waals surface area contributed by atoms with Crippen LogP contribution in [0.15, 0.2) is 35.9 Å². The van der Waals surface area contributed by atoms with Gasteiger partial charge in [0.25, 0.3) is 0 Å². The monoisotopic (exact) mass is 636 g/mol. The molecular formula is C29H31F3N4O9. The molecule has 0 heterocycles. The van der Waals surface area contributed by atoms with Gasteiger partial charge in [0.05, 0.1) is 17.7 Å². The predicted octanol–water partition coefficient (Wildman–Crippen LogP) is 2.59. The summed E-state index contributed by atoms with van der Waals surface area (Å²) in [4.78, 5) is 52.6. The van der Waals surface area contributed by atoms with Gasteiger partial charge in [0.2, 0.25) is 11.7 Å². The Morgan fingerprint density at radius 2 is 1.78 bits per heavy atom. The molecule has 0 unspecified atom stereocenters. The number of nitrogens with one attached hydrogen (secondary N) is 2. The number of hydrogen-bond donors (Lipinski definition) is 7. The number of hydrogen-bond acceptors (Lipinski definition) is 10. The Bertz CT molecular complexity index is 1570. The lowest BCUT2D eigenvalue weighted by atomic mass is 9.61. The number of alkyl halides is 3. The van der Waals surface area contributed by atoms with E-state index < -0.39 is 77.6 Å². The normalized spacial score (nSPS) is 21.0. The van der Waals surface area contributed by atoms with Crippen LogP contribution in [0, 0.1) is 11.8 Å². The van der Waals surface area contributed by atoms with Crippen molar-refractivity contribution in [3.63, 3.8) is 0 Å². The summed E-state index contributed by atoms with van der Waals surface area (Å²) in [6.45, 7) is -0.481. The number of nitrogens with zero attached hydrogens (tertiary/aromatic N) is 1. The fourth-order valence-corrected chi connectivity index (χ4v) is 5.88. The molecule has 0 aromatic heterocycles. The minimum absolute atomic E-state index is 0.0328. The number of urea groups is 1. The van der Waals surface area contributed by atoms with Crippen LogP contribution in [0.4, 0.5) is 35.0 Å². The second-order valence-electron chi connectivity index (χ2n) is 11.0. The van der Waals surface area contributed by atoms with Crippen LogP contribution in [-0.4, -0.2) is 76.6 Å². The van der Waals surface area contributed by atoms with E-state index in [1.54, 1.807) is 19.0 Å². The van der Waals surface area contributed by atoms with Crippen molar-refractivity contribution in [2.75, 3.05) is 36.2 Å². The summed E-state index contributed by atoms with van der Waals surface area (Å²) in [6, 6.07) is 4.74. The van der Waals surface area contributed by atoms with Gasteiger partial charge < -0.3 is 46.4 Å². The Kier molecular flexibility index (Phi) is 9.02. The van der Waals surface area contributed by atoms with Crippen molar-refractivity contribution in [3.8, 4) is 11.5 Å². The first kappa shape index (κ1) is 33.1. The van der Waals surface area contributed by atoms with Gasteiger partial charge in [-0.05, 0) is 61.1 Å². The number of carbonyl (C=O) groups excluding carboxylic acids is 4. The molecule has 16 heteroatoms. The van der Waals surface area contributed by atoms with Crippen molar-refractivity contribution >= 4 is 46.3 Å². The molecule has 0 aliphatic heterocycles. The maximum absolute atomic E-state index is 13.7. The highest BCUT2D eigenvalue weighted by Gasteiger charge is 2.57. The smallest absolute Gasteiger partial charge is 0.507 e. The number of aliphatic hydroxyl groups excluding tert-OH is 2. The number of phenols is 1. The SMILES string of the molecule is CN(C)c1cc(NC(=O)Nc2ccc(OC(F)(F)F)cc2)c(O)c2c1C[C@H]1C[C@@H](CCO)[C@@](O)(C(=O)CC(N)=O)C(=O)C1=C2O. The number of primary amides is 1. The van der Waals surface area contributed by atoms with E-state index >= 15 is 0 Å². The second-order valence-corrected chi connectivity index (χ2v) is 11.0. The Balaban J connectivity index is 1.72. The average molecular weight is 637 g/mol. The summed E-state index contributed by atoms with van der Waals surface area (Å²) in [6.07, 6.45) is -6.00. The minimum Gasteiger partial charge on any atom is -0.507 e. The van der Waals surface area contributed by atoms with Gasteiger partial charge in [-0.2, -0.15) is 0 Å². The number of aromatic hydroxyl groups is 1. The first-order valence-corrected chi connectivity index (χ1v) is 13.6. The number of rotatable bonds is 9. The molecule has 2 aliphatic carbocycles. The summed E-state index contributed by atoms with van der Waals surface area (Å²) >= 11 is 0. The third kappa shape index (κ3) is 6.51. The van der Waals surface area contributed by atoms with Crippen LogP contribution >= 0.6 is 0 Å². The Morgan fingerprint density at radius 1 is 1.13 bits per heavy atom. The number of nitrogens with two attached hydrogens (primary N) is 1. The van der Waals surface area contributed by atoms with Gasteiger partial charge in [-0.3, -0.25) is 14.4 Å². The van der Waals surface area contributed by atoms with E-state index in [-0.39, 0.29) is 41.8 Å². The maximum atomic E-state index is 13.7. The fraction of sp³-hybridized carbons (Fsp3) is 0.379. The lowest BCUT2D eigenvalue weighted by Crippen LogP contribution is -2.59. The number of phenolic OH excluding ortho intramolecular Hbond substituents is 1. The molecule has 1 saturated carbocycles. The topological polar surface area (TPSA) is 212 Å². The summed E-state index contributed by atoms with van der Waals surface area (Å²) < 4.78 is 41.1. The zero-order valence-corrected chi connectivity index (χ0v) is 24.1. The van der Waals surface area contributed by atoms with Crippen LogP contribution in [0.3, 0.4) is 0 Å². The molecule has 2 aliphatic rings. The zero-order valence-electron chi connectivity index (χ0n) is 24.1. The van der Waals surface area contributed by atoms with Crippen molar-refractivity contribution in [2.24, 2.45) is 17.6 Å². The molecule has 0 saturated heterocycles. The highest BCUT2D eigenvalue weighted by Crippen LogP contribution is 2.52. The summed E-state index contributed by atoms with van der Waals surface area (Å²) in [5.41, 5.74) is 2.42. The molecule has 242 valence electrons. The minimum atomic E-state index is -4.90. The van der Waals surface area contributed by atoms with E-state index in [9.17, 15) is 52.8 Å². The molecule has 8 N–H and O–H groups in total. The molecule has 3 atom stereocenters. The first-order chi connectivity index (χ1) is 21.0. The van der Waals surface area contributed by atoms with Gasteiger partial charge in [0.15, 0.2) is 17.1 Å². The van der Waals surface area contributed by atoms with Crippen molar-refractivity contribution in [1.82, 2.24) is 0 Å². The molecule has 2 aromatic rings. The highest BCUT2D eigenvalue weighted by atomic mass is 19.4. The number of benzene rings is 2. The fourth-order valence-electron chi connectivity index (χ4n) is 5.88. The van der Waals surface area contributed by atoms with Crippen LogP contribution in [0.1, 0.15) is 30.4 Å². The van der Waals surface area contributed by atoms with Crippen LogP contribution in [-0.2, 0) is 20.8 Å². The van der Waals surface area contributed by atoms with E-state index in [4.69, 9.17) is 5.73 Å². The van der Waals surface area contributed by atoms with Gasteiger partial charge in [-0.1, -0.05) is 0 Å². The van der Waals surface area contributed by atoms with Gasteiger partial charge in [0.1, 0.15) is 11.5 Å². The lowest BCUT2D eigenvalue weighted by molar-refractivity contribution is -0.274. The number of Topliss-reactive ketones (excluding diaryl/α,β-unsaturated/α-hetero) is 2. The van der Waals surface area contributed by atoms with Crippen LogP contribution in [0.2, 0.25) is 0 Å². The largest absolute Gasteiger partial charge is 0.573 e. The van der Waals surface area contributed by atoms with E-state index in [0.717, 1.165) is 24.3 Å². The highest BCUT2D eigenvalue weighted by molar-refractivity contribution is 6.23. The molecule has 1 fully saturated rings. The second kappa shape index (κ2) is 12.3. The quantitative estimate of drug-likeness (QED) is 0.158. The Hall–Kier alpha value is -4.83. The Morgan fingerprint density at radius 3 is 2.33 bits per heavy atom. The first-order valence-electron chi connectivity index (χ1n) is 13.6. The summed E-state index contributed by atoms with van der Waals surface area (Å²) in [5.74, 6) is -7.22. The summed E-state index contributed by atoms with van der Waals surface area (Å²) in [5, 5.41) is 48.4. The number of anilines is 3. The number of fused-ring (bicyclic) bond motifs is 2. The molecule has 3 amide bonds. The number of ether oxygens (including phenoxy) is 1. The number of amides is 3. The van der Waals surface area contributed by atoms with Gasteiger partial charge in [-0.15, -0.1) is 13.2 Å². The average Bonchev–Trinajstić information content (AvgIpc) is 2.92. The molecular weight excluding hydrogens is 605 g/mol.